The molecule has 0 radical (unpaired) electrons. The normalized spacial score (nSPS) is 11.3. The lowest BCUT2D eigenvalue weighted by Crippen LogP contribution is -2.07. The van der Waals surface area contributed by atoms with Gasteiger partial charge in [-0.25, -0.2) is 4.98 Å². The maximum absolute atomic E-state index is 4.57. The van der Waals surface area contributed by atoms with Crippen molar-refractivity contribution in [2.24, 2.45) is 0 Å². The molecule has 0 N–H and O–H groups in total. The highest BCUT2D eigenvalue weighted by Gasteiger charge is 2.12. The summed E-state index contributed by atoms with van der Waals surface area (Å²) >= 11 is 0. The van der Waals surface area contributed by atoms with Crippen LogP contribution in [0.4, 0.5) is 0 Å². The molecule has 0 saturated carbocycles. The molecule has 24 heavy (non-hydrogen) atoms. The first kappa shape index (κ1) is 12.8. The summed E-state index contributed by atoms with van der Waals surface area (Å²) in [6.07, 6.45) is 1.67. The molecule has 5 aromatic rings. The molecule has 8 heteroatoms. The number of benzene rings is 2. The fourth-order valence-corrected chi connectivity index (χ4v) is 2.61. The Kier molecular flexibility index (Phi) is 2.63. The van der Waals surface area contributed by atoms with Crippen molar-refractivity contribution in [3.05, 3.63) is 60.8 Å². The minimum absolute atomic E-state index is 0.431. The SMILES string of the molecule is c1ccc2c(c1)nnn2-c1ccnc(-n2nnc3ccccc32)n1. The predicted octanol–water partition coefficient (Wildman–Crippen LogP) is 1.94. The third-order valence-electron chi connectivity index (χ3n) is 3.74. The number of fused-ring (bicyclic) bond motifs is 2. The smallest absolute Gasteiger partial charge is 0.219 e. The molecule has 0 fully saturated rings. The molecule has 8 nitrogen and oxygen atoms in total. The zero-order valence-electron chi connectivity index (χ0n) is 12.4. The molecular weight excluding hydrogens is 304 g/mol. The van der Waals surface area contributed by atoms with E-state index in [0.29, 0.717) is 11.8 Å². The third kappa shape index (κ3) is 1.86. The number of hydrogen-bond acceptors (Lipinski definition) is 6. The Bertz CT molecular complexity index is 1080. The summed E-state index contributed by atoms with van der Waals surface area (Å²) in [4.78, 5) is 8.88. The van der Waals surface area contributed by atoms with Crippen LogP contribution in [0, 0.1) is 0 Å². The summed E-state index contributed by atoms with van der Waals surface area (Å²) in [7, 11) is 0. The van der Waals surface area contributed by atoms with E-state index in [1.807, 2.05) is 48.5 Å². The number of para-hydroxylation sites is 2. The number of nitrogens with zero attached hydrogens (tertiary/aromatic N) is 8. The van der Waals surface area contributed by atoms with Gasteiger partial charge in [-0.05, 0) is 24.3 Å². The first-order chi connectivity index (χ1) is 11.9. The molecule has 5 rings (SSSR count). The molecule has 2 aromatic carbocycles. The Balaban J connectivity index is 1.69. The molecule has 0 atom stereocenters. The second-order valence-corrected chi connectivity index (χ2v) is 5.19. The average molecular weight is 314 g/mol. The Labute approximate surface area is 135 Å². The van der Waals surface area contributed by atoms with Gasteiger partial charge in [-0.1, -0.05) is 34.7 Å². The lowest BCUT2D eigenvalue weighted by Gasteiger charge is -2.04. The van der Waals surface area contributed by atoms with Gasteiger partial charge in [-0.3, -0.25) is 0 Å². The summed E-state index contributed by atoms with van der Waals surface area (Å²) in [5.41, 5.74) is 3.32. The molecule has 3 heterocycles. The zero-order chi connectivity index (χ0) is 15.9. The summed E-state index contributed by atoms with van der Waals surface area (Å²) in [6, 6.07) is 17.2. The summed E-state index contributed by atoms with van der Waals surface area (Å²) in [6.45, 7) is 0. The molecule has 3 aromatic heterocycles. The van der Waals surface area contributed by atoms with Crippen LogP contribution in [-0.4, -0.2) is 40.0 Å². The quantitative estimate of drug-likeness (QED) is 0.495. The number of hydrogen-bond donors (Lipinski definition) is 0. The van der Waals surface area contributed by atoms with Gasteiger partial charge >= 0.3 is 0 Å². The van der Waals surface area contributed by atoms with Gasteiger partial charge in [0.05, 0.1) is 11.0 Å². The zero-order valence-corrected chi connectivity index (χ0v) is 12.4. The van der Waals surface area contributed by atoms with E-state index in [1.165, 1.54) is 0 Å². The molecule has 0 saturated heterocycles. The second kappa shape index (κ2) is 4.92. The molecule has 0 spiro atoms. The maximum Gasteiger partial charge on any atom is 0.254 e. The summed E-state index contributed by atoms with van der Waals surface area (Å²) < 4.78 is 3.29. The fraction of sp³-hybridized carbons (Fsp3) is 0. The summed E-state index contributed by atoms with van der Waals surface area (Å²) in [5, 5.41) is 16.6. The topological polar surface area (TPSA) is 87.2 Å². The van der Waals surface area contributed by atoms with Crippen LogP contribution in [0.25, 0.3) is 33.8 Å². The molecule has 0 bridgehead atoms. The van der Waals surface area contributed by atoms with Crippen molar-refractivity contribution in [1.82, 2.24) is 40.0 Å². The Hall–Kier alpha value is -3.68. The van der Waals surface area contributed by atoms with Crippen LogP contribution in [0.1, 0.15) is 0 Å². The number of rotatable bonds is 2. The van der Waals surface area contributed by atoms with Gasteiger partial charge in [0.1, 0.15) is 11.0 Å². The van der Waals surface area contributed by atoms with Crippen LogP contribution < -0.4 is 0 Å². The van der Waals surface area contributed by atoms with Crippen molar-refractivity contribution in [1.29, 1.82) is 0 Å². The van der Waals surface area contributed by atoms with Crippen LogP contribution in [-0.2, 0) is 0 Å². The van der Waals surface area contributed by atoms with Crippen molar-refractivity contribution in [2.45, 2.75) is 0 Å². The van der Waals surface area contributed by atoms with Crippen LogP contribution in [0.15, 0.2) is 60.8 Å². The van der Waals surface area contributed by atoms with Crippen molar-refractivity contribution in [3.63, 3.8) is 0 Å². The van der Waals surface area contributed by atoms with Crippen molar-refractivity contribution >= 4 is 22.1 Å². The Morgan fingerprint density at radius 3 is 2.04 bits per heavy atom. The van der Waals surface area contributed by atoms with E-state index in [9.17, 15) is 0 Å². The second-order valence-electron chi connectivity index (χ2n) is 5.19. The molecule has 0 aliphatic rings. The monoisotopic (exact) mass is 314 g/mol. The van der Waals surface area contributed by atoms with E-state index in [2.05, 4.69) is 30.6 Å². The highest BCUT2D eigenvalue weighted by Crippen LogP contribution is 2.16. The third-order valence-corrected chi connectivity index (χ3v) is 3.74. The minimum Gasteiger partial charge on any atom is -0.219 e. The standard InChI is InChI=1S/C16H10N8/c1-3-7-13-11(5-1)19-21-23(13)15-9-10-17-16(18-15)24-14-8-4-2-6-12(14)20-22-24/h1-10H. The van der Waals surface area contributed by atoms with Gasteiger partial charge in [-0.15, -0.1) is 10.2 Å². The van der Waals surface area contributed by atoms with Gasteiger partial charge in [0.2, 0.25) is 0 Å². The van der Waals surface area contributed by atoms with Gasteiger partial charge in [0.25, 0.3) is 5.95 Å². The van der Waals surface area contributed by atoms with Crippen LogP contribution in [0.5, 0.6) is 0 Å². The van der Waals surface area contributed by atoms with Crippen molar-refractivity contribution in [3.8, 4) is 11.8 Å². The van der Waals surface area contributed by atoms with E-state index in [0.717, 1.165) is 22.1 Å². The maximum atomic E-state index is 4.57. The predicted molar refractivity (Wildman–Crippen MR) is 86.9 cm³/mol. The molecule has 0 aliphatic carbocycles. The van der Waals surface area contributed by atoms with Gasteiger partial charge in [0.15, 0.2) is 5.82 Å². The minimum atomic E-state index is 0.431. The van der Waals surface area contributed by atoms with Crippen molar-refractivity contribution in [2.75, 3.05) is 0 Å². The molecule has 0 amide bonds. The van der Waals surface area contributed by atoms with E-state index < -0.39 is 0 Å². The first-order valence-electron chi connectivity index (χ1n) is 7.35. The molecule has 0 unspecified atom stereocenters. The van der Waals surface area contributed by atoms with Crippen LogP contribution >= 0.6 is 0 Å². The first-order valence-corrected chi connectivity index (χ1v) is 7.35. The average Bonchev–Trinajstić information content (AvgIpc) is 3.26. The van der Waals surface area contributed by atoms with Crippen LogP contribution in [0.2, 0.25) is 0 Å². The van der Waals surface area contributed by atoms with Gasteiger partial charge in [0, 0.05) is 12.3 Å². The fourth-order valence-electron chi connectivity index (χ4n) is 2.61. The Morgan fingerprint density at radius 2 is 1.29 bits per heavy atom. The lowest BCUT2D eigenvalue weighted by atomic mass is 10.3. The highest BCUT2D eigenvalue weighted by molar-refractivity contribution is 5.76. The van der Waals surface area contributed by atoms with Crippen LogP contribution in [0.3, 0.4) is 0 Å². The van der Waals surface area contributed by atoms with E-state index in [4.69, 9.17) is 0 Å². The largest absolute Gasteiger partial charge is 0.254 e. The Morgan fingerprint density at radius 1 is 0.667 bits per heavy atom. The summed E-state index contributed by atoms with van der Waals surface area (Å²) in [5.74, 6) is 1.05. The van der Waals surface area contributed by atoms with E-state index >= 15 is 0 Å². The number of aromatic nitrogens is 8. The molecule has 0 aliphatic heterocycles. The van der Waals surface area contributed by atoms with E-state index in [-0.39, 0.29) is 0 Å². The highest BCUT2D eigenvalue weighted by atomic mass is 15.5. The van der Waals surface area contributed by atoms with Gasteiger partial charge in [-0.2, -0.15) is 14.3 Å². The molecule has 114 valence electrons. The molecular formula is C16H10N8. The van der Waals surface area contributed by atoms with Gasteiger partial charge < -0.3 is 0 Å². The lowest BCUT2D eigenvalue weighted by molar-refractivity contribution is 0.746. The van der Waals surface area contributed by atoms with E-state index in [1.54, 1.807) is 21.6 Å². The van der Waals surface area contributed by atoms with Crippen molar-refractivity contribution < 1.29 is 0 Å².